The van der Waals surface area contributed by atoms with Crippen LogP contribution in [0.2, 0.25) is 0 Å². The molecule has 0 amide bonds. The molecule has 0 spiro atoms. The van der Waals surface area contributed by atoms with E-state index in [1.54, 1.807) is 0 Å². The number of rotatable bonds is 6. The summed E-state index contributed by atoms with van der Waals surface area (Å²) in [5.41, 5.74) is 3.08. The van der Waals surface area contributed by atoms with Gasteiger partial charge < -0.3 is 0 Å². The quantitative estimate of drug-likeness (QED) is 0.391. The van der Waals surface area contributed by atoms with Gasteiger partial charge in [0.15, 0.2) is 0 Å². The molecular weight excluding hydrogens is 348 g/mol. The minimum absolute atomic E-state index is 0.552. The van der Waals surface area contributed by atoms with Crippen molar-refractivity contribution in [3.8, 4) is 0 Å². The number of hydrogen-bond acceptors (Lipinski definition) is 0. The summed E-state index contributed by atoms with van der Waals surface area (Å²) in [5, 5.41) is 0. The maximum Gasteiger partial charge on any atom is -0.00851 e. The summed E-state index contributed by atoms with van der Waals surface area (Å²) in [6.45, 7) is 15.2. The monoisotopic (exact) mass is 398 g/mol. The molecule has 0 heterocycles. The van der Waals surface area contributed by atoms with Gasteiger partial charge in [0, 0.05) is 0 Å². The lowest BCUT2D eigenvalue weighted by Crippen LogP contribution is -2.50. The Hall–Kier alpha value is -0.260. The van der Waals surface area contributed by atoms with Crippen LogP contribution in [0, 0.1) is 52.3 Å². The van der Waals surface area contributed by atoms with Gasteiger partial charge >= 0.3 is 0 Å². The standard InChI is InChI=1S/C29H50/c1-7-22-15-17-28(5)23(19-22)11-12-24-26-14-13-25(21(4)10-8-9-20(2)3)29(26,6)18-16-27(24)28/h11,20-22,24-27H,7-10,12-19H2,1-6H3/t21?,22-,24-,25+,26-,27-,28-,29+/m0/s1. The molecule has 8 atom stereocenters. The van der Waals surface area contributed by atoms with Crippen molar-refractivity contribution in [3.63, 3.8) is 0 Å². The normalized spacial score (nSPS) is 45.3. The summed E-state index contributed by atoms with van der Waals surface area (Å²) >= 11 is 0. The summed E-state index contributed by atoms with van der Waals surface area (Å²) in [4.78, 5) is 0. The van der Waals surface area contributed by atoms with Gasteiger partial charge in [-0.15, -0.1) is 0 Å². The molecular formula is C29H50. The molecule has 0 saturated heterocycles. The molecule has 0 heteroatoms. The summed E-state index contributed by atoms with van der Waals surface area (Å²) in [6, 6.07) is 0. The highest BCUT2D eigenvalue weighted by atomic mass is 14.6. The second-order valence-electron chi connectivity index (χ2n) is 12.8. The second-order valence-corrected chi connectivity index (χ2v) is 12.8. The minimum atomic E-state index is 0.552. The van der Waals surface area contributed by atoms with E-state index in [0.29, 0.717) is 10.8 Å². The van der Waals surface area contributed by atoms with E-state index in [9.17, 15) is 0 Å². The van der Waals surface area contributed by atoms with Gasteiger partial charge in [-0.05, 0) is 104 Å². The van der Waals surface area contributed by atoms with E-state index in [1.807, 2.05) is 5.57 Å². The van der Waals surface area contributed by atoms with E-state index < -0.39 is 0 Å². The molecule has 3 fully saturated rings. The molecule has 4 aliphatic rings. The zero-order valence-corrected chi connectivity index (χ0v) is 20.6. The maximum absolute atomic E-state index is 2.77. The molecule has 4 rings (SSSR count). The van der Waals surface area contributed by atoms with Crippen LogP contribution in [0.25, 0.3) is 0 Å². The van der Waals surface area contributed by atoms with Crippen molar-refractivity contribution in [2.75, 3.05) is 0 Å². The van der Waals surface area contributed by atoms with E-state index in [4.69, 9.17) is 0 Å². The molecule has 0 nitrogen and oxygen atoms in total. The third-order valence-electron chi connectivity index (χ3n) is 11.0. The van der Waals surface area contributed by atoms with Gasteiger partial charge in [0.1, 0.15) is 0 Å². The molecule has 0 aromatic rings. The van der Waals surface area contributed by atoms with Crippen molar-refractivity contribution in [2.24, 2.45) is 52.3 Å². The van der Waals surface area contributed by atoms with Crippen LogP contribution in [0.5, 0.6) is 0 Å². The SMILES string of the molecule is CC[C@H]1CC[C@@]2(C)C(=CC[C@H]3[C@@H]4CC[C@H](C(C)CCCC(C)C)[C@@]4(C)CC[C@@H]32)C1. The number of allylic oxidation sites excluding steroid dienone is 2. The first-order chi connectivity index (χ1) is 13.8. The van der Waals surface area contributed by atoms with Gasteiger partial charge in [0.25, 0.3) is 0 Å². The van der Waals surface area contributed by atoms with Crippen LogP contribution < -0.4 is 0 Å². The molecule has 166 valence electrons. The van der Waals surface area contributed by atoms with Crippen LogP contribution in [0.3, 0.4) is 0 Å². The van der Waals surface area contributed by atoms with Gasteiger partial charge in [-0.2, -0.15) is 0 Å². The fourth-order valence-electron chi connectivity index (χ4n) is 9.11. The Kier molecular flexibility index (Phi) is 6.32. The van der Waals surface area contributed by atoms with Crippen molar-refractivity contribution >= 4 is 0 Å². The predicted octanol–water partition coefficient (Wildman–Crippen LogP) is 9.05. The third kappa shape index (κ3) is 3.78. The van der Waals surface area contributed by atoms with Crippen molar-refractivity contribution in [1.29, 1.82) is 0 Å². The Labute approximate surface area is 182 Å². The molecule has 0 aromatic carbocycles. The Balaban J connectivity index is 1.48. The average Bonchev–Trinajstić information content (AvgIpc) is 3.04. The van der Waals surface area contributed by atoms with Gasteiger partial charge in [-0.25, -0.2) is 0 Å². The molecule has 3 saturated carbocycles. The van der Waals surface area contributed by atoms with Crippen LogP contribution in [0.1, 0.15) is 119 Å². The fourth-order valence-corrected chi connectivity index (χ4v) is 9.11. The number of hydrogen-bond donors (Lipinski definition) is 0. The minimum Gasteiger partial charge on any atom is -0.0845 e. The molecule has 0 radical (unpaired) electrons. The highest BCUT2D eigenvalue weighted by Gasteiger charge is 2.58. The maximum atomic E-state index is 2.77. The second kappa shape index (κ2) is 8.35. The van der Waals surface area contributed by atoms with Crippen LogP contribution in [-0.4, -0.2) is 0 Å². The lowest BCUT2D eigenvalue weighted by molar-refractivity contribution is -0.0528. The zero-order valence-electron chi connectivity index (χ0n) is 20.6. The first-order valence-electron chi connectivity index (χ1n) is 13.5. The highest BCUT2D eigenvalue weighted by molar-refractivity contribution is 5.25. The Morgan fingerprint density at radius 3 is 2.48 bits per heavy atom. The van der Waals surface area contributed by atoms with Gasteiger partial charge in [-0.3, -0.25) is 0 Å². The average molecular weight is 399 g/mol. The lowest BCUT2D eigenvalue weighted by Gasteiger charge is -2.58. The molecule has 0 N–H and O–H groups in total. The van der Waals surface area contributed by atoms with Crippen LogP contribution in [-0.2, 0) is 0 Å². The Bertz CT molecular complexity index is 599. The Morgan fingerprint density at radius 1 is 0.966 bits per heavy atom. The Morgan fingerprint density at radius 2 is 1.76 bits per heavy atom. The summed E-state index contributed by atoms with van der Waals surface area (Å²) in [7, 11) is 0. The predicted molar refractivity (Wildman–Crippen MR) is 127 cm³/mol. The van der Waals surface area contributed by atoms with E-state index in [1.165, 1.54) is 77.0 Å². The van der Waals surface area contributed by atoms with Crippen LogP contribution in [0.15, 0.2) is 11.6 Å². The van der Waals surface area contributed by atoms with E-state index in [0.717, 1.165) is 41.4 Å². The van der Waals surface area contributed by atoms with E-state index >= 15 is 0 Å². The highest BCUT2D eigenvalue weighted by Crippen LogP contribution is 2.67. The first-order valence-corrected chi connectivity index (χ1v) is 13.5. The van der Waals surface area contributed by atoms with Crippen molar-refractivity contribution in [1.82, 2.24) is 0 Å². The largest absolute Gasteiger partial charge is 0.0845 e. The van der Waals surface area contributed by atoms with Gasteiger partial charge in [-0.1, -0.05) is 78.9 Å². The summed E-state index contributed by atoms with van der Waals surface area (Å²) < 4.78 is 0. The van der Waals surface area contributed by atoms with Crippen molar-refractivity contribution < 1.29 is 0 Å². The lowest BCUT2D eigenvalue weighted by atomic mass is 9.46. The molecule has 0 bridgehead atoms. The first kappa shape index (κ1) is 22.0. The van der Waals surface area contributed by atoms with Gasteiger partial charge in [0.05, 0.1) is 0 Å². The summed E-state index contributed by atoms with van der Waals surface area (Å²) in [6.07, 6.45) is 20.4. The zero-order chi connectivity index (χ0) is 20.8. The molecule has 0 aromatic heterocycles. The van der Waals surface area contributed by atoms with Crippen molar-refractivity contribution in [2.45, 2.75) is 119 Å². The van der Waals surface area contributed by atoms with Crippen molar-refractivity contribution in [3.05, 3.63) is 11.6 Å². The van der Waals surface area contributed by atoms with Crippen LogP contribution >= 0.6 is 0 Å². The molecule has 29 heavy (non-hydrogen) atoms. The molecule has 4 aliphatic carbocycles. The number of fused-ring (bicyclic) bond motifs is 5. The fraction of sp³-hybridized carbons (Fsp3) is 0.931. The van der Waals surface area contributed by atoms with E-state index in [-0.39, 0.29) is 0 Å². The summed E-state index contributed by atoms with van der Waals surface area (Å²) in [5.74, 6) is 6.78. The topological polar surface area (TPSA) is 0 Å². The van der Waals surface area contributed by atoms with E-state index in [2.05, 4.69) is 47.6 Å². The van der Waals surface area contributed by atoms with Crippen LogP contribution in [0.4, 0.5) is 0 Å². The third-order valence-corrected chi connectivity index (χ3v) is 11.0. The molecule has 1 unspecified atom stereocenters. The molecule has 0 aliphatic heterocycles. The smallest absolute Gasteiger partial charge is 0.00851 e. The van der Waals surface area contributed by atoms with Gasteiger partial charge in [0.2, 0.25) is 0 Å².